The van der Waals surface area contributed by atoms with Gasteiger partial charge in [0, 0.05) is 18.3 Å². The van der Waals surface area contributed by atoms with Gasteiger partial charge in [-0.2, -0.15) is 11.8 Å². The number of guanidine groups is 1. The molecule has 1 atom stereocenters. The fourth-order valence-corrected chi connectivity index (χ4v) is 3.42. The van der Waals surface area contributed by atoms with Crippen LogP contribution >= 0.6 is 35.7 Å². The van der Waals surface area contributed by atoms with E-state index < -0.39 is 0 Å². The summed E-state index contributed by atoms with van der Waals surface area (Å²) in [6.45, 7) is 6.86. The molecule has 0 aromatic heterocycles. The SMILES string of the molecule is CCNC(=NCc1ccc(C)cc1)NCC1CCCS1.I. The van der Waals surface area contributed by atoms with Gasteiger partial charge in [-0.1, -0.05) is 29.8 Å². The molecule has 1 aromatic carbocycles. The van der Waals surface area contributed by atoms with Crippen LogP contribution in [0.2, 0.25) is 0 Å². The molecule has 0 radical (unpaired) electrons. The second-order valence-electron chi connectivity index (χ2n) is 5.20. The van der Waals surface area contributed by atoms with Gasteiger partial charge in [-0.05, 0) is 38.0 Å². The first-order chi connectivity index (χ1) is 9.78. The number of nitrogens with zero attached hydrogens (tertiary/aromatic N) is 1. The van der Waals surface area contributed by atoms with Gasteiger partial charge in [0.25, 0.3) is 0 Å². The molecule has 1 saturated heterocycles. The minimum atomic E-state index is 0. The number of hydrogen-bond acceptors (Lipinski definition) is 2. The molecule has 118 valence electrons. The zero-order valence-electron chi connectivity index (χ0n) is 12.9. The molecule has 2 rings (SSSR count). The van der Waals surface area contributed by atoms with E-state index in [2.05, 4.69) is 65.5 Å². The van der Waals surface area contributed by atoms with Gasteiger partial charge >= 0.3 is 0 Å². The molecule has 5 heteroatoms. The van der Waals surface area contributed by atoms with Crippen molar-refractivity contribution in [3.05, 3.63) is 35.4 Å². The summed E-state index contributed by atoms with van der Waals surface area (Å²) in [5, 5.41) is 7.53. The highest BCUT2D eigenvalue weighted by Crippen LogP contribution is 2.25. The van der Waals surface area contributed by atoms with E-state index in [1.807, 2.05) is 0 Å². The van der Waals surface area contributed by atoms with E-state index in [0.29, 0.717) is 0 Å². The predicted molar refractivity (Wildman–Crippen MR) is 105 cm³/mol. The van der Waals surface area contributed by atoms with Crippen LogP contribution in [0.15, 0.2) is 29.3 Å². The van der Waals surface area contributed by atoms with Gasteiger partial charge in [0.2, 0.25) is 0 Å². The molecular formula is C16H26IN3S. The monoisotopic (exact) mass is 419 g/mol. The molecular weight excluding hydrogens is 393 g/mol. The van der Waals surface area contributed by atoms with Crippen LogP contribution in [-0.2, 0) is 6.54 Å². The van der Waals surface area contributed by atoms with Crippen LogP contribution < -0.4 is 10.6 Å². The quantitative estimate of drug-likeness (QED) is 0.435. The van der Waals surface area contributed by atoms with Crippen LogP contribution in [0.25, 0.3) is 0 Å². The van der Waals surface area contributed by atoms with E-state index >= 15 is 0 Å². The Labute approximate surface area is 149 Å². The van der Waals surface area contributed by atoms with E-state index in [1.54, 1.807) is 0 Å². The molecule has 1 aliphatic rings. The fourth-order valence-electron chi connectivity index (χ4n) is 2.22. The third-order valence-corrected chi connectivity index (χ3v) is 4.80. The minimum Gasteiger partial charge on any atom is -0.357 e. The van der Waals surface area contributed by atoms with E-state index in [1.165, 1.54) is 29.7 Å². The average Bonchev–Trinajstić information content (AvgIpc) is 2.97. The van der Waals surface area contributed by atoms with Gasteiger partial charge in [-0.15, -0.1) is 24.0 Å². The second-order valence-corrected chi connectivity index (χ2v) is 6.60. The Kier molecular flexibility index (Phi) is 9.15. The van der Waals surface area contributed by atoms with Crippen LogP contribution in [-0.4, -0.2) is 30.1 Å². The summed E-state index contributed by atoms with van der Waals surface area (Å²) in [7, 11) is 0. The highest BCUT2D eigenvalue weighted by molar-refractivity contribution is 14.0. The Morgan fingerprint density at radius 3 is 2.67 bits per heavy atom. The number of hydrogen-bond donors (Lipinski definition) is 2. The summed E-state index contributed by atoms with van der Waals surface area (Å²) in [5.41, 5.74) is 2.55. The topological polar surface area (TPSA) is 36.4 Å². The first-order valence-corrected chi connectivity index (χ1v) is 8.52. The minimum absolute atomic E-state index is 0. The Morgan fingerprint density at radius 2 is 2.05 bits per heavy atom. The Balaban J connectivity index is 0.00000220. The number of benzene rings is 1. The second kappa shape index (κ2) is 10.3. The average molecular weight is 419 g/mol. The Bertz CT molecular complexity index is 428. The van der Waals surface area contributed by atoms with E-state index in [9.17, 15) is 0 Å². The van der Waals surface area contributed by atoms with E-state index in [4.69, 9.17) is 0 Å². The third kappa shape index (κ3) is 6.91. The molecule has 2 N–H and O–H groups in total. The first-order valence-electron chi connectivity index (χ1n) is 7.47. The van der Waals surface area contributed by atoms with Crippen molar-refractivity contribution in [2.75, 3.05) is 18.8 Å². The molecule has 1 aliphatic heterocycles. The van der Waals surface area contributed by atoms with Gasteiger partial charge in [0.15, 0.2) is 5.96 Å². The molecule has 21 heavy (non-hydrogen) atoms. The van der Waals surface area contributed by atoms with Crippen molar-refractivity contribution in [2.24, 2.45) is 4.99 Å². The largest absolute Gasteiger partial charge is 0.357 e. The smallest absolute Gasteiger partial charge is 0.191 e. The van der Waals surface area contributed by atoms with Crippen molar-refractivity contribution in [1.29, 1.82) is 0 Å². The van der Waals surface area contributed by atoms with Crippen molar-refractivity contribution < 1.29 is 0 Å². The standard InChI is InChI=1S/C16H25N3S.HI/c1-3-17-16(19-12-15-5-4-10-20-15)18-11-14-8-6-13(2)7-9-14;/h6-9,15H,3-5,10-12H2,1-2H3,(H2,17,18,19);1H. The van der Waals surface area contributed by atoms with Crippen molar-refractivity contribution in [1.82, 2.24) is 10.6 Å². The van der Waals surface area contributed by atoms with Gasteiger partial charge in [0.1, 0.15) is 0 Å². The molecule has 0 spiro atoms. The molecule has 1 aromatic rings. The van der Waals surface area contributed by atoms with Crippen LogP contribution in [0, 0.1) is 6.92 Å². The summed E-state index contributed by atoms with van der Waals surface area (Å²) in [6, 6.07) is 8.57. The first kappa shape index (κ1) is 18.6. The summed E-state index contributed by atoms with van der Waals surface area (Å²) in [4.78, 5) is 4.66. The van der Waals surface area contributed by atoms with E-state index in [0.717, 1.165) is 30.8 Å². The van der Waals surface area contributed by atoms with Crippen LogP contribution in [0.1, 0.15) is 30.9 Å². The summed E-state index contributed by atoms with van der Waals surface area (Å²) < 4.78 is 0. The summed E-state index contributed by atoms with van der Waals surface area (Å²) >= 11 is 2.07. The molecule has 0 saturated carbocycles. The zero-order valence-corrected chi connectivity index (χ0v) is 16.0. The molecule has 0 bridgehead atoms. The lowest BCUT2D eigenvalue weighted by molar-refractivity contribution is 0.727. The molecule has 1 unspecified atom stereocenters. The van der Waals surface area contributed by atoms with Gasteiger partial charge in [0.05, 0.1) is 6.54 Å². The maximum Gasteiger partial charge on any atom is 0.191 e. The van der Waals surface area contributed by atoms with Gasteiger partial charge < -0.3 is 10.6 Å². The van der Waals surface area contributed by atoms with Crippen molar-refractivity contribution in [2.45, 2.75) is 38.5 Å². The molecule has 0 amide bonds. The van der Waals surface area contributed by atoms with Gasteiger partial charge in [-0.3, -0.25) is 0 Å². The number of halogens is 1. The Morgan fingerprint density at radius 1 is 1.29 bits per heavy atom. The van der Waals surface area contributed by atoms with Crippen molar-refractivity contribution in [3.63, 3.8) is 0 Å². The summed E-state index contributed by atoms with van der Waals surface area (Å²) in [5.74, 6) is 2.24. The molecule has 1 fully saturated rings. The number of thioether (sulfide) groups is 1. The molecule has 3 nitrogen and oxygen atoms in total. The normalized spacial score (nSPS) is 18.2. The maximum absolute atomic E-state index is 4.66. The highest BCUT2D eigenvalue weighted by Gasteiger charge is 2.15. The number of aliphatic imine (C=N–C) groups is 1. The summed E-state index contributed by atoms with van der Waals surface area (Å²) in [6.07, 6.45) is 2.68. The van der Waals surface area contributed by atoms with Crippen LogP contribution in [0.4, 0.5) is 0 Å². The van der Waals surface area contributed by atoms with Crippen LogP contribution in [0.5, 0.6) is 0 Å². The lowest BCUT2D eigenvalue weighted by Gasteiger charge is -2.14. The number of nitrogens with one attached hydrogen (secondary N) is 2. The lowest BCUT2D eigenvalue weighted by Crippen LogP contribution is -2.40. The maximum atomic E-state index is 4.66. The number of aryl methyl sites for hydroxylation is 1. The molecule has 0 aliphatic carbocycles. The van der Waals surface area contributed by atoms with Crippen molar-refractivity contribution in [3.8, 4) is 0 Å². The zero-order chi connectivity index (χ0) is 14.2. The van der Waals surface area contributed by atoms with Gasteiger partial charge in [-0.25, -0.2) is 4.99 Å². The highest BCUT2D eigenvalue weighted by atomic mass is 127. The fraction of sp³-hybridized carbons (Fsp3) is 0.562. The lowest BCUT2D eigenvalue weighted by atomic mass is 10.1. The predicted octanol–water partition coefficient (Wildman–Crippen LogP) is 3.56. The van der Waals surface area contributed by atoms with Crippen LogP contribution in [0.3, 0.4) is 0 Å². The molecule has 1 heterocycles. The number of rotatable bonds is 5. The van der Waals surface area contributed by atoms with Crippen molar-refractivity contribution >= 4 is 41.7 Å². The third-order valence-electron chi connectivity index (χ3n) is 3.41. The Hall–Kier alpha value is -0.430. The van der Waals surface area contributed by atoms with E-state index in [-0.39, 0.29) is 24.0 Å².